The molecule has 0 atom stereocenters. The lowest BCUT2D eigenvalue weighted by Crippen LogP contribution is -2.23. The number of anilines is 1. The fourth-order valence-corrected chi connectivity index (χ4v) is 2.05. The molecule has 116 valence electrons. The topological polar surface area (TPSA) is 124 Å². The molecule has 3 rings (SSSR count). The van der Waals surface area contributed by atoms with E-state index in [4.69, 9.17) is 10.5 Å². The fourth-order valence-electron chi connectivity index (χ4n) is 2.05. The lowest BCUT2D eigenvalue weighted by molar-refractivity contribution is 0.0517. The summed E-state index contributed by atoms with van der Waals surface area (Å²) in [5.74, 6) is -0.394. The largest absolute Gasteiger partial charge is 0.461 e. The molecule has 2 heterocycles. The van der Waals surface area contributed by atoms with Gasteiger partial charge in [-0.2, -0.15) is 0 Å². The number of ether oxygens (including phenoxy) is 1. The summed E-state index contributed by atoms with van der Waals surface area (Å²) in [6.07, 6.45) is 0. The quantitative estimate of drug-likeness (QED) is 0.695. The lowest BCUT2D eigenvalue weighted by Gasteiger charge is -2.06. The van der Waals surface area contributed by atoms with E-state index in [1.165, 1.54) is 0 Å². The standard InChI is InChI=1S/C15H13N5O3/c1-2-23-15(22)10-14(21)20-13-9(17-10)11(16)18-12(19-13)8-6-4-3-5-7-8/h3-7H,2H2,1H3,(H3,16,18,19,20,21). The molecule has 8 heteroatoms. The Kier molecular flexibility index (Phi) is 3.71. The summed E-state index contributed by atoms with van der Waals surface area (Å²) in [4.78, 5) is 38.6. The number of rotatable bonds is 3. The third-order valence-electron chi connectivity index (χ3n) is 3.08. The minimum atomic E-state index is -0.817. The molecule has 0 amide bonds. The zero-order chi connectivity index (χ0) is 16.4. The third kappa shape index (κ3) is 2.73. The number of nitrogen functional groups attached to an aromatic ring is 1. The van der Waals surface area contributed by atoms with Gasteiger partial charge in [0, 0.05) is 5.56 Å². The molecule has 23 heavy (non-hydrogen) atoms. The Morgan fingerprint density at radius 1 is 1.22 bits per heavy atom. The molecule has 0 aliphatic rings. The molecular weight excluding hydrogens is 298 g/mol. The maximum Gasteiger partial charge on any atom is 0.362 e. The van der Waals surface area contributed by atoms with Gasteiger partial charge in [0.25, 0.3) is 5.56 Å². The van der Waals surface area contributed by atoms with Crippen LogP contribution in [0.1, 0.15) is 17.4 Å². The van der Waals surface area contributed by atoms with Crippen LogP contribution in [0, 0.1) is 0 Å². The van der Waals surface area contributed by atoms with E-state index in [1.54, 1.807) is 6.92 Å². The first-order valence-electron chi connectivity index (χ1n) is 6.90. The number of fused-ring (bicyclic) bond motifs is 1. The van der Waals surface area contributed by atoms with Gasteiger partial charge in [0.05, 0.1) is 6.61 Å². The number of nitrogens with one attached hydrogen (secondary N) is 1. The van der Waals surface area contributed by atoms with Crippen LogP contribution >= 0.6 is 0 Å². The van der Waals surface area contributed by atoms with E-state index in [-0.39, 0.29) is 29.3 Å². The van der Waals surface area contributed by atoms with Gasteiger partial charge in [-0.15, -0.1) is 0 Å². The molecular formula is C15H13N5O3. The predicted molar refractivity (Wildman–Crippen MR) is 83.8 cm³/mol. The fraction of sp³-hybridized carbons (Fsp3) is 0.133. The van der Waals surface area contributed by atoms with Crippen molar-refractivity contribution in [3.05, 3.63) is 46.4 Å². The third-order valence-corrected chi connectivity index (χ3v) is 3.08. The van der Waals surface area contributed by atoms with Crippen LogP contribution in [-0.2, 0) is 4.74 Å². The molecule has 0 radical (unpaired) electrons. The highest BCUT2D eigenvalue weighted by Crippen LogP contribution is 2.19. The van der Waals surface area contributed by atoms with E-state index in [1.807, 2.05) is 30.3 Å². The number of aromatic nitrogens is 4. The van der Waals surface area contributed by atoms with Crippen molar-refractivity contribution < 1.29 is 9.53 Å². The van der Waals surface area contributed by atoms with Crippen molar-refractivity contribution in [3.8, 4) is 11.4 Å². The zero-order valence-electron chi connectivity index (χ0n) is 12.2. The minimum absolute atomic E-state index is 0.0654. The first-order valence-corrected chi connectivity index (χ1v) is 6.90. The maximum atomic E-state index is 12.0. The van der Waals surface area contributed by atoms with Gasteiger partial charge in [0.15, 0.2) is 17.3 Å². The Balaban J connectivity index is 2.18. The smallest absolute Gasteiger partial charge is 0.362 e. The number of aromatic amines is 1. The summed E-state index contributed by atoms with van der Waals surface area (Å²) in [5, 5.41) is 0. The molecule has 0 bridgehead atoms. The first kappa shape index (κ1) is 14.6. The second kappa shape index (κ2) is 5.84. The molecule has 0 unspecified atom stereocenters. The average molecular weight is 311 g/mol. The predicted octanol–water partition coefficient (Wildman–Crippen LogP) is 1.14. The number of H-pyrrole nitrogens is 1. The SMILES string of the molecule is CCOC(=O)c1nc2c(N)nc(-c3ccccc3)nc2[nH]c1=O. The summed E-state index contributed by atoms with van der Waals surface area (Å²) < 4.78 is 4.79. The monoisotopic (exact) mass is 311 g/mol. The number of carbonyl (C=O) groups excluding carboxylic acids is 1. The number of esters is 1. The van der Waals surface area contributed by atoms with Crippen LogP contribution < -0.4 is 11.3 Å². The minimum Gasteiger partial charge on any atom is -0.461 e. The van der Waals surface area contributed by atoms with Crippen LogP contribution in [0.2, 0.25) is 0 Å². The van der Waals surface area contributed by atoms with Crippen molar-refractivity contribution in [3.63, 3.8) is 0 Å². The number of carbonyl (C=O) groups is 1. The van der Waals surface area contributed by atoms with E-state index in [9.17, 15) is 9.59 Å². The van der Waals surface area contributed by atoms with Crippen LogP contribution in [0.5, 0.6) is 0 Å². The van der Waals surface area contributed by atoms with Gasteiger partial charge in [0.1, 0.15) is 5.52 Å². The summed E-state index contributed by atoms with van der Waals surface area (Å²) in [5.41, 5.74) is 5.89. The van der Waals surface area contributed by atoms with E-state index in [0.717, 1.165) is 5.56 Å². The van der Waals surface area contributed by atoms with Crippen molar-refractivity contribution in [2.75, 3.05) is 12.3 Å². The van der Waals surface area contributed by atoms with Gasteiger partial charge in [0.2, 0.25) is 5.69 Å². The molecule has 0 aliphatic heterocycles. The number of hydrogen-bond donors (Lipinski definition) is 2. The molecule has 2 aromatic heterocycles. The van der Waals surface area contributed by atoms with Crippen molar-refractivity contribution in [1.82, 2.24) is 19.9 Å². The van der Waals surface area contributed by atoms with Crippen molar-refractivity contribution in [1.29, 1.82) is 0 Å². The Labute approximate surface area is 130 Å². The van der Waals surface area contributed by atoms with Crippen LogP contribution in [0.4, 0.5) is 5.82 Å². The molecule has 0 aliphatic carbocycles. The number of nitrogens with zero attached hydrogens (tertiary/aromatic N) is 3. The highest BCUT2D eigenvalue weighted by molar-refractivity contribution is 5.91. The molecule has 0 spiro atoms. The zero-order valence-corrected chi connectivity index (χ0v) is 12.2. The van der Waals surface area contributed by atoms with Gasteiger partial charge in [-0.3, -0.25) is 4.79 Å². The highest BCUT2D eigenvalue weighted by Gasteiger charge is 2.18. The first-order chi connectivity index (χ1) is 11.1. The van der Waals surface area contributed by atoms with Gasteiger partial charge in [-0.25, -0.2) is 19.7 Å². The van der Waals surface area contributed by atoms with Crippen LogP contribution in [0.25, 0.3) is 22.6 Å². The lowest BCUT2D eigenvalue weighted by atomic mass is 10.2. The van der Waals surface area contributed by atoms with Gasteiger partial charge >= 0.3 is 5.97 Å². The second-order valence-electron chi connectivity index (χ2n) is 4.63. The Morgan fingerprint density at radius 2 is 1.96 bits per heavy atom. The second-order valence-corrected chi connectivity index (χ2v) is 4.63. The number of nitrogens with two attached hydrogens (primary N) is 1. The van der Waals surface area contributed by atoms with Gasteiger partial charge in [-0.1, -0.05) is 30.3 Å². The highest BCUT2D eigenvalue weighted by atomic mass is 16.5. The van der Waals surface area contributed by atoms with Crippen LogP contribution in [0.3, 0.4) is 0 Å². The summed E-state index contributed by atoms with van der Waals surface area (Å²) in [7, 11) is 0. The van der Waals surface area contributed by atoms with Crippen LogP contribution in [0.15, 0.2) is 35.1 Å². The van der Waals surface area contributed by atoms with Crippen molar-refractivity contribution in [2.24, 2.45) is 0 Å². The van der Waals surface area contributed by atoms with Gasteiger partial charge < -0.3 is 15.5 Å². The normalized spacial score (nSPS) is 10.7. The van der Waals surface area contributed by atoms with E-state index < -0.39 is 11.5 Å². The molecule has 8 nitrogen and oxygen atoms in total. The molecule has 0 saturated carbocycles. The Hall–Kier alpha value is -3.29. The maximum absolute atomic E-state index is 12.0. The van der Waals surface area contributed by atoms with E-state index in [2.05, 4.69) is 19.9 Å². The summed E-state index contributed by atoms with van der Waals surface area (Å²) in [6.45, 7) is 1.77. The molecule has 0 fully saturated rings. The van der Waals surface area contributed by atoms with E-state index in [0.29, 0.717) is 5.82 Å². The number of hydrogen-bond acceptors (Lipinski definition) is 7. The molecule has 0 saturated heterocycles. The van der Waals surface area contributed by atoms with Crippen LogP contribution in [-0.4, -0.2) is 32.5 Å². The molecule has 3 aromatic rings. The molecule has 3 N–H and O–H groups in total. The number of benzene rings is 1. The van der Waals surface area contributed by atoms with Crippen molar-refractivity contribution in [2.45, 2.75) is 6.92 Å². The Morgan fingerprint density at radius 3 is 2.65 bits per heavy atom. The molecule has 1 aromatic carbocycles. The van der Waals surface area contributed by atoms with Gasteiger partial charge in [-0.05, 0) is 6.92 Å². The summed E-state index contributed by atoms with van der Waals surface area (Å²) >= 11 is 0. The Bertz CT molecular complexity index is 937. The average Bonchev–Trinajstić information content (AvgIpc) is 2.55. The van der Waals surface area contributed by atoms with Crippen molar-refractivity contribution >= 4 is 23.0 Å². The van der Waals surface area contributed by atoms with E-state index >= 15 is 0 Å². The summed E-state index contributed by atoms with van der Waals surface area (Å²) in [6, 6.07) is 9.18.